The first-order valence-electron chi connectivity index (χ1n) is 8.34. The van der Waals surface area contributed by atoms with Gasteiger partial charge in [0.25, 0.3) is 5.91 Å². The average Bonchev–Trinajstić information content (AvgIpc) is 3.05. The van der Waals surface area contributed by atoms with Crippen LogP contribution < -0.4 is 10.2 Å². The summed E-state index contributed by atoms with van der Waals surface area (Å²) in [4.78, 5) is 17.3. The molecule has 1 amide bonds. The Hall–Kier alpha value is -3.12. The highest BCUT2D eigenvalue weighted by Gasteiger charge is 2.14. The number of hydrogen-bond acceptors (Lipinski definition) is 4. The van der Waals surface area contributed by atoms with Gasteiger partial charge in [-0.2, -0.15) is 5.10 Å². The third kappa shape index (κ3) is 4.49. The third-order valence-electron chi connectivity index (χ3n) is 3.82. The van der Waals surface area contributed by atoms with Crippen molar-refractivity contribution in [1.82, 2.24) is 15.3 Å². The fourth-order valence-electron chi connectivity index (χ4n) is 2.46. The lowest BCUT2D eigenvalue weighted by atomic mass is 10.1. The number of carbonyl (C=O) groups is 1. The van der Waals surface area contributed by atoms with E-state index in [2.05, 4.69) is 10.6 Å². The van der Waals surface area contributed by atoms with E-state index in [4.69, 9.17) is 9.57 Å². The van der Waals surface area contributed by atoms with E-state index in [1.165, 1.54) is 5.56 Å². The van der Waals surface area contributed by atoms with Crippen molar-refractivity contribution in [3.8, 4) is 17.0 Å². The second-order valence-electron chi connectivity index (χ2n) is 5.85. The first kappa shape index (κ1) is 17.7. The van der Waals surface area contributed by atoms with E-state index in [1.54, 1.807) is 17.8 Å². The molecule has 0 atom stereocenters. The molecule has 0 bridgehead atoms. The van der Waals surface area contributed by atoms with Crippen LogP contribution >= 0.6 is 0 Å². The molecule has 1 N–H and O–H groups in total. The lowest BCUT2D eigenvalue weighted by Crippen LogP contribution is -2.26. The van der Waals surface area contributed by atoms with Gasteiger partial charge in [-0.05, 0) is 30.7 Å². The van der Waals surface area contributed by atoms with Crippen LogP contribution in [0, 0.1) is 6.92 Å². The van der Waals surface area contributed by atoms with Crippen molar-refractivity contribution < 1.29 is 14.4 Å². The van der Waals surface area contributed by atoms with E-state index in [0.29, 0.717) is 12.3 Å². The van der Waals surface area contributed by atoms with Crippen LogP contribution in [-0.4, -0.2) is 28.9 Å². The van der Waals surface area contributed by atoms with Crippen LogP contribution in [0.5, 0.6) is 5.75 Å². The highest BCUT2D eigenvalue weighted by molar-refractivity contribution is 5.92. The molecule has 1 heterocycles. The zero-order chi connectivity index (χ0) is 18.4. The fraction of sp³-hybridized carbons (Fsp3) is 0.200. The molecule has 26 heavy (non-hydrogen) atoms. The average molecular weight is 351 g/mol. The summed E-state index contributed by atoms with van der Waals surface area (Å²) in [6.07, 6.45) is 0. The van der Waals surface area contributed by atoms with Gasteiger partial charge in [0, 0.05) is 7.05 Å². The van der Waals surface area contributed by atoms with Crippen LogP contribution in [0.25, 0.3) is 11.3 Å². The Kier molecular flexibility index (Phi) is 5.66. The zero-order valence-electron chi connectivity index (χ0n) is 14.8. The van der Waals surface area contributed by atoms with Crippen LogP contribution in [0.2, 0.25) is 0 Å². The molecule has 0 aliphatic carbocycles. The molecule has 0 spiro atoms. The molecule has 1 aromatic heterocycles. The van der Waals surface area contributed by atoms with Gasteiger partial charge in [-0.15, -0.1) is 0 Å². The van der Waals surface area contributed by atoms with Crippen LogP contribution in [-0.2, 0) is 11.9 Å². The molecule has 0 aliphatic rings. The van der Waals surface area contributed by atoms with Gasteiger partial charge in [-0.3, -0.25) is 14.3 Å². The van der Waals surface area contributed by atoms with Gasteiger partial charge in [0.05, 0.1) is 5.69 Å². The molecular weight excluding hydrogens is 330 g/mol. The van der Waals surface area contributed by atoms with E-state index in [0.717, 1.165) is 17.0 Å². The molecule has 0 fully saturated rings. The second-order valence-corrected chi connectivity index (χ2v) is 5.85. The van der Waals surface area contributed by atoms with Gasteiger partial charge in [-0.25, -0.2) is 5.48 Å². The summed E-state index contributed by atoms with van der Waals surface area (Å²) >= 11 is 0. The van der Waals surface area contributed by atoms with Crippen molar-refractivity contribution in [1.29, 1.82) is 0 Å². The van der Waals surface area contributed by atoms with Gasteiger partial charge in [0.2, 0.25) is 0 Å². The summed E-state index contributed by atoms with van der Waals surface area (Å²) in [6.45, 7) is 2.60. The molecule has 0 unspecified atom stereocenters. The van der Waals surface area contributed by atoms with Crippen molar-refractivity contribution in [2.24, 2.45) is 7.05 Å². The molecule has 6 heteroatoms. The summed E-state index contributed by atoms with van der Waals surface area (Å²) in [7, 11) is 1.81. The zero-order valence-corrected chi connectivity index (χ0v) is 14.8. The molecule has 134 valence electrons. The molecule has 0 radical (unpaired) electrons. The largest absolute Gasteiger partial charge is 0.491 e. The van der Waals surface area contributed by atoms with Gasteiger partial charge < -0.3 is 4.74 Å². The molecule has 0 saturated heterocycles. The maximum atomic E-state index is 12.2. The van der Waals surface area contributed by atoms with Crippen LogP contribution in [0.3, 0.4) is 0 Å². The number of nitrogens with zero attached hydrogens (tertiary/aromatic N) is 2. The number of nitrogens with one attached hydrogen (secondary N) is 1. The smallest absolute Gasteiger partial charge is 0.295 e. The molecular formula is C20H21N3O3. The van der Waals surface area contributed by atoms with Crippen LogP contribution in [0.4, 0.5) is 0 Å². The van der Waals surface area contributed by atoms with Gasteiger partial charge in [-0.1, -0.05) is 48.0 Å². The number of carbonyl (C=O) groups excluding carboxylic acids is 1. The highest BCUT2D eigenvalue weighted by Crippen LogP contribution is 2.20. The van der Waals surface area contributed by atoms with E-state index in [9.17, 15) is 4.79 Å². The number of rotatable bonds is 7. The summed E-state index contributed by atoms with van der Waals surface area (Å²) in [6, 6.07) is 19.2. The highest BCUT2D eigenvalue weighted by atomic mass is 16.7. The predicted octanol–water partition coefficient (Wildman–Crippen LogP) is 3.14. The Morgan fingerprint density at radius 3 is 2.54 bits per heavy atom. The van der Waals surface area contributed by atoms with E-state index in [1.807, 2.05) is 61.5 Å². The topological polar surface area (TPSA) is 65.4 Å². The molecule has 0 aliphatic heterocycles. The molecule has 0 saturated carbocycles. The minimum atomic E-state index is -0.390. The van der Waals surface area contributed by atoms with E-state index >= 15 is 0 Å². The van der Waals surface area contributed by atoms with Crippen molar-refractivity contribution in [2.75, 3.05) is 13.2 Å². The normalized spacial score (nSPS) is 10.5. The maximum Gasteiger partial charge on any atom is 0.295 e. The lowest BCUT2D eigenvalue weighted by Gasteiger charge is -2.06. The van der Waals surface area contributed by atoms with Gasteiger partial charge in [0.1, 0.15) is 19.0 Å². The van der Waals surface area contributed by atoms with Crippen molar-refractivity contribution >= 4 is 5.91 Å². The first-order valence-corrected chi connectivity index (χ1v) is 8.34. The molecule has 3 aromatic rings. The summed E-state index contributed by atoms with van der Waals surface area (Å²) < 4.78 is 7.17. The predicted molar refractivity (Wildman–Crippen MR) is 98.7 cm³/mol. The standard InChI is InChI=1S/C20H21N3O3/c1-15-8-10-16(11-9-15)19-14-18(21-23(19)2)20(24)22-26-13-12-25-17-6-4-3-5-7-17/h3-11,14H,12-13H2,1-2H3,(H,22,24). The number of para-hydroxylation sites is 1. The number of aromatic nitrogens is 2. The maximum absolute atomic E-state index is 12.2. The number of amides is 1. The Morgan fingerprint density at radius 2 is 1.81 bits per heavy atom. The van der Waals surface area contributed by atoms with Crippen LogP contribution in [0.15, 0.2) is 60.7 Å². The fourth-order valence-corrected chi connectivity index (χ4v) is 2.46. The summed E-state index contributed by atoms with van der Waals surface area (Å²) in [5.74, 6) is 0.369. The second kappa shape index (κ2) is 8.31. The summed E-state index contributed by atoms with van der Waals surface area (Å²) in [5, 5.41) is 4.25. The van der Waals surface area contributed by atoms with Crippen LogP contribution in [0.1, 0.15) is 16.1 Å². The number of ether oxygens (including phenoxy) is 1. The van der Waals surface area contributed by atoms with Gasteiger partial charge in [0.15, 0.2) is 5.69 Å². The Bertz CT molecular complexity index is 858. The SMILES string of the molecule is Cc1ccc(-c2cc(C(=O)NOCCOc3ccccc3)nn2C)cc1. The van der Waals surface area contributed by atoms with Crippen molar-refractivity contribution in [2.45, 2.75) is 6.92 Å². The molecule has 3 rings (SSSR count). The number of aryl methyl sites for hydroxylation is 2. The molecule has 2 aromatic carbocycles. The van der Waals surface area contributed by atoms with Crippen molar-refractivity contribution in [3.63, 3.8) is 0 Å². The minimum Gasteiger partial charge on any atom is -0.491 e. The Balaban J connectivity index is 1.50. The van der Waals surface area contributed by atoms with Gasteiger partial charge >= 0.3 is 0 Å². The summed E-state index contributed by atoms with van der Waals surface area (Å²) in [5.41, 5.74) is 5.74. The minimum absolute atomic E-state index is 0.234. The number of benzene rings is 2. The van der Waals surface area contributed by atoms with E-state index < -0.39 is 5.91 Å². The quantitative estimate of drug-likeness (QED) is 0.525. The lowest BCUT2D eigenvalue weighted by molar-refractivity contribution is 0.0196. The number of hydroxylamine groups is 1. The first-order chi connectivity index (χ1) is 12.6. The third-order valence-corrected chi connectivity index (χ3v) is 3.82. The Labute approximate surface area is 152 Å². The van der Waals surface area contributed by atoms with E-state index in [-0.39, 0.29) is 6.61 Å². The Morgan fingerprint density at radius 1 is 1.08 bits per heavy atom. The van der Waals surface area contributed by atoms with Crippen molar-refractivity contribution in [3.05, 3.63) is 71.9 Å². The monoisotopic (exact) mass is 351 g/mol. The molecule has 6 nitrogen and oxygen atoms in total. The number of hydrogen-bond donors (Lipinski definition) is 1.